The van der Waals surface area contributed by atoms with Crippen LogP contribution in [0, 0.1) is 0 Å². The van der Waals surface area contributed by atoms with Crippen LogP contribution in [0.2, 0.25) is 0 Å². The summed E-state index contributed by atoms with van der Waals surface area (Å²) in [5.41, 5.74) is 2.40. The summed E-state index contributed by atoms with van der Waals surface area (Å²) < 4.78 is 0. The molecule has 0 N–H and O–H groups in total. The molecule has 0 bridgehead atoms. The second-order valence-corrected chi connectivity index (χ2v) is 3.13. The summed E-state index contributed by atoms with van der Waals surface area (Å²) in [6.45, 7) is 6.31. The van der Waals surface area contributed by atoms with E-state index in [0.29, 0.717) is 5.92 Å². The Morgan fingerprint density at radius 3 is 2.17 bits per heavy atom. The standard InChI is InChI=1S/C11H15N/c1-4-12-11-7-5-10(6-8-11)9(2)3/h4-9H,1-3H3/b12-4+. The van der Waals surface area contributed by atoms with E-state index >= 15 is 0 Å². The number of hydrogen-bond acceptors (Lipinski definition) is 1. The Morgan fingerprint density at radius 2 is 1.75 bits per heavy atom. The van der Waals surface area contributed by atoms with Crippen molar-refractivity contribution < 1.29 is 0 Å². The quantitative estimate of drug-likeness (QED) is 0.588. The Morgan fingerprint density at radius 1 is 1.17 bits per heavy atom. The lowest BCUT2D eigenvalue weighted by molar-refractivity contribution is 0.867. The van der Waals surface area contributed by atoms with Crippen LogP contribution in [0.5, 0.6) is 0 Å². The second-order valence-electron chi connectivity index (χ2n) is 3.13. The van der Waals surface area contributed by atoms with Gasteiger partial charge >= 0.3 is 0 Å². The van der Waals surface area contributed by atoms with Gasteiger partial charge in [0, 0.05) is 6.21 Å². The van der Waals surface area contributed by atoms with Crippen molar-refractivity contribution in [3.8, 4) is 0 Å². The van der Waals surface area contributed by atoms with Gasteiger partial charge in [-0.2, -0.15) is 0 Å². The lowest BCUT2D eigenvalue weighted by atomic mass is 10.0. The summed E-state index contributed by atoms with van der Waals surface area (Å²) in [6, 6.07) is 8.37. The molecule has 0 aliphatic carbocycles. The summed E-state index contributed by atoms with van der Waals surface area (Å²) in [5, 5.41) is 0. The van der Waals surface area contributed by atoms with Gasteiger partial charge in [0.15, 0.2) is 0 Å². The van der Waals surface area contributed by atoms with Crippen molar-refractivity contribution in [1.82, 2.24) is 0 Å². The Kier molecular flexibility index (Phi) is 3.03. The van der Waals surface area contributed by atoms with Crippen molar-refractivity contribution in [2.24, 2.45) is 4.99 Å². The van der Waals surface area contributed by atoms with E-state index in [2.05, 4.69) is 43.1 Å². The van der Waals surface area contributed by atoms with Crippen molar-refractivity contribution >= 4 is 11.9 Å². The first kappa shape index (κ1) is 8.98. The minimum Gasteiger partial charge on any atom is -0.262 e. The van der Waals surface area contributed by atoms with Crippen molar-refractivity contribution in [2.45, 2.75) is 26.7 Å². The summed E-state index contributed by atoms with van der Waals surface area (Å²) in [4.78, 5) is 4.18. The van der Waals surface area contributed by atoms with Crippen molar-refractivity contribution in [3.63, 3.8) is 0 Å². The van der Waals surface area contributed by atoms with E-state index in [9.17, 15) is 0 Å². The molecule has 0 spiro atoms. The van der Waals surface area contributed by atoms with E-state index in [-0.39, 0.29) is 0 Å². The second kappa shape index (κ2) is 4.05. The maximum atomic E-state index is 4.18. The first-order valence-electron chi connectivity index (χ1n) is 4.32. The van der Waals surface area contributed by atoms with Gasteiger partial charge in [-0.3, -0.25) is 4.99 Å². The van der Waals surface area contributed by atoms with Crippen LogP contribution in [0.15, 0.2) is 29.3 Å². The lowest BCUT2D eigenvalue weighted by Crippen LogP contribution is -1.84. The molecule has 0 amide bonds. The number of rotatable bonds is 2. The molecule has 1 aromatic carbocycles. The molecule has 0 heterocycles. The highest BCUT2D eigenvalue weighted by Gasteiger charge is 1.96. The van der Waals surface area contributed by atoms with E-state index in [1.807, 2.05) is 13.1 Å². The van der Waals surface area contributed by atoms with Crippen molar-refractivity contribution in [2.75, 3.05) is 0 Å². The Bertz CT molecular complexity index is 257. The van der Waals surface area contributed by atoms with E-state index in [1.165, 1.54) is 5.56 Å². The third-order valence-corrected chi connectivity index (χ3v) is 1.84. The zero-order chi connectivity index (χ0) is 8.97. The lowest BCUT2D eigenvalue weighted by Gasteiger charge is -2.03. The molecule has 0 fully saturated rings. The minimum absolute atomic E-state index is 0.602. The van der Waals surface area contributed by atoms with Crippen molar-refractivity contribution in [3.05, 3.63) is 29.8 Å². The van der Waals surface area contributed by atoms with E-state index in [4.69, 9.17) is 0 Å². The molecule has 64 valence electrons. The Hall–Kier alpha value is -1.11. The molecule has 12 heavy (non-hydrogen) atoms. The predicted octanol–water partition coefficient (Wildman–Crippen LogP) is 3.53. The zero-order valence-electron chi connectivity index (χ0n) is 7.91. The third-order valence-electron chi connectivity index (χ3n) is 1.84. The molecule has 0 saturated heterocycles. The Labute approximate surface area is 74.2 Å². The first-order chi connectivity index (χ1) is 5.74. The zero-order valence-corrected chi connectivity index (χ0v) is 7.91. The number of nitrogens with zero attached hydrogens (tertiary/aromatic N) is 1. The largest absolute Gasteiger partial charge is 0.262 e. The fraction of sp³-hybridized carbons (Fsp3) is 0.364. The highest BCUT2D eigenvalue weighted by molar-refractivity contribution is 5.60. The maximum Gasteiger partial charge on any atom is 0.0625 e. The summed E-state index contributed by atoms with van der Waals surface area (Å²) in [7, 11) is 0. The van der Waals surface area contributed by atoms with E-state index in [0.717, 1.165) is 5.69 Å². The number of aliphatic imine (C=N–C) groups is 1. The predicted molar refractivity (Wildman–Crippen MR) is 54.4 cm³/mol. The van der Waals surface area contributed by atoms with Crippen LogP contribution in [0.4, 0.5) is 5.69 Å². The van der Waals surface area contributed by atoms with Gasteiger partial charge in [0.25, 0.3) is 0 Å². The molecule has 1 rings (SSSR count). The minimum atomic E-state index is 0.602. The van der Waals surface area contributed by atoms with Gasteiger partial charge in [0.1, 0.15) is 0 Å². The van der Waals surface area contributed by atoms with Gasteiger partial charge in [0.2, 0.25) is 0 Å². The number of hydrogen-bond donors (Lipinski definition) is 0. The van der Waals surface area contributed by atoms with Crippen molar-refractivity contribution in [1.29, 1.82) is 0 Å². The topological polar surface area (TPSA) is 12.4 Å². The molecule has 0 aromatic heterocycles. The number of benzene rings is 1. The van der Waals surface area contributed by atoms with Gasteiger partial charge < -0.3 is 0 Å². The summed E-state index contributed by atoms with van der Waals surface area (Å²) >= 11 is 0. The average molecular weight is 161 g/mol. The van der Waals surface area contributed by atoms with E-state index < -0.39 is 0 Å². The first-order valence-corrected chi connectivity index (χ1v) is 4.32. The van der Waals surface area contributed by atoms with Gasteiger partial charge in [0.05, 0.1) is 5.69 Å². The van der Waals surface area contributed by atoms with Crippen LogP contribution < -0.4 is 0 Å². The Balaban J connectivity index is 2.85. The van der Waals surface area contributed by atoms with Gasteiger partial charge in [-0.15, -0.1) is 0 Å². The fourth-order valence-electron chi connectivity index (χ4n) is 1.09. The van der Waals surface area contributed by atoms with Crippen LogP contribution >= 0.6 is 0 Å². The summed E-state index contributed by atoms with van der Waals surface area (Å²) in [6.07, 6.45) is 1.81. The summed E-state index contributed by atoms with van der Waals surface area (Å²) in [5.74, 6) is 0.602. The molecular formula is C11H15N. The van der Waals surface area contributed by atoms with Crippen LogP contribution in [-0.4, -0.2) is 6.21 Å². The fourth-order valence-corrected chi connectivity index (χ4v) is 1.09. The molecule has 1 aromatic rings. The highest BCUT2D eigenvalue weighted by atomic mass is 14.7. The monoisotopic (exact) mass is 161 g/mol. The molecule has 1 heteroatoms. The van der Waals surface area contributed by atoms with Gasteiger partial charge in [-0.25, -0.2) is 0 Å². The molecule has 0 aliphatic heterocycles. The smallest absolute Gasteiger partial charge is 0.0625 e. The molecule has 0 unspecified atom stereocenters. The van der Waals surface area contributed by atoms with Crippen LogP contribution in [0.3, 0.4) is 0 Å². The molecule has 0 saturated carbocycles. The van der Waals surface area contributed by atoms with E-state index in [1.54, 1.807) is 0 Å². The average Bonchev–Trinajstić information content (AvgIpc) is 2.06. The molecule has 0 aliphatic rings. The SMILES string of the molecule is C/C=N/c1ccc(C(C)C)cc1. The molecule has 0 atom stereocenters. The van der Waals surface area contributed by atoms with Gasteiger partial charge in [-0.1, -0.05) is 26.0 Å². The normalized spacial score (nSPS) is 11.3. The third kappa shape index (κ3) is 2.19. The molecule has 1 nitrogen and oxygen atoms in total. The van der Waals surface area contributed by atoms with Gasteiger partial charge in [-0.05, 0) is 30.5 Å². The maximum absolute atomic E-state index is 4.18. The van der Waals surface area contributed by atoms with Crippen LogP contribution in [0.1, 0.15) is 32.3 Å². The molecular weight excluding hydrogens is 146 g/mol. The molecule has 0 radical (unpaired) electrons. The van der Waals surface area contributed by atoms with Crippen LogP contribution in [0.25, 0.3) is 0 Å². The highest BCUT2D eigenvalue weighted by Crippen LogP contribution is 2.18. The van der Waals surface area contributed by atoms with Crippen LogP contribution in [-0.2, 0) is 0 Å².